The Morgan fingerprint density at radius 3 is 2.14 bits per heavy atom. The molecule has 0 saturated carbocycles. The van der Waals surface area contributed by atoms with Gasteiger partial charge in [-0.25, -0.2) is 4.79 Å². The zero-order valence-corrected chi connectivity index (χ0v) is 11.5. The number of carboxylic acid groups (broad SMARTS) is 1. The van der Waals surface area contributed by atoms with Crippen molar-refractivity contribution in [2.24, 2.45) is 11.5 Å². The average molecular weight is 304 g/mol. The third-order valence-corrected chi connectivity index (χ3v) is 2.58. The molecule has 3 unspecified atom stereocenters. The predicted octanol–water partition coefficient (Wildman–Crippen LogP) is -3.35. The van der Waals surface area contributed by atoms with Gasteiger partial charge in [-0.1, -0.05) is 0 Å². The summed E-state index contributed by atoms with van der Waals surface area (Å²) >= 11 is 0. The molecule has 10 heteroatoms. The Kier molecular flexibility index (Phi) is 7.94. The van der Waals surface area contributed by atoms with Gasteiger partial charge in [0, 0.05) is 6.42 Å². The number of nitrogens with two attached hydrogens (primary N) is 2. The van der Waals surface area contributed by atoms with Crippen LogP contribution in [0.15, 0.2) is 0 Å². The first-order valence-corrected chi connectivity index (χ1v) is 6.17. The molecule has 0 fully saturated rings. The van der Waals surface area contributed by atoms with Crippen LogP contribution in [-0.2, 0) is 19.2 Å². The lowest BCUT2D eigenvalue weighted by Gasteiger charge is -2.19. The highest BCUT2D eigenvalue weighted by Crippen LogP contribution is 1.98. The van der Waals surface area contributed by atoms with Gasteiger partial charge >= 0.3 is 5.97 Å². The summed E-state index contributed by atoms with van der Waals surface area (Å²) in [6, 6.07) is -3.52. The van der Waals surface area contributed by atoms with Crippen molar-refractivity contribution >= 4 is 23.7 Å². The Balaban J connectivity index is 4.50. The molecule has 3 amide bonds. The summed E-state index contributed by atoms with van der Waals surface area (Å²) in [7, 11) is 0. The van der Waals surface area contributed by atoms with Crippen molar-refractivity contribution in [2.75, 3.05) is 6.61 Å². The summed E-state index contributed by atoms with van der Waals surface area (Å²) in [5, 5.41) is 22.0. The number of aliphatic hydroxyl groups is 1. The van der Waals surface area contributed by atoms with Crippen LogP contribution in [0.4, 0.5) is 0 Å². The molecule has 21 heavy (non-hydrogen) atoms. The largest absolute Gasteiger partial charge is 0.480 e. The lowest BCUT2D eigenvalue weighted by molar-refractivity contribution is -0.142. The molecule has 0 aromatic heterocycles. The molecule has 0 spiro atoms. The number of primary amides is 1. The van der Waals surface area contributed by atoms with Gasteiger partial charge in [0.2, 0.25) is 17.7 Å². The standard InChI is InChI=1S/C11H20N4O6/c1-5(14-10(19)6(12)4-16)9(18)15-7(11(20)21)2-3-8(13)17/h5-7,16H,2-4,12H2,1H3,(H2,13,17)(H,14,19)(H,15,18)(H,20,21). The Labute approximate surface area is 120 Å². The molecule has 10 nitrogen and oxygen atoms in total. The first kappa shape index (κ1) is 18.8. The van der Waals surface area contributed by atoms with Crippen LogP contribution in [0.25, 0.3) is 0 Å². The van der Waals surface area contributed by atoms with Crippen LogP contribution >= 0.6 is 0 Å². The molecule has 0 aromatic carbocycles. The van der Waals surface area contributed by atoms with Gasteiger partial charge in [-0.3, -0.25) is 14.4 Å². The van der Waals surface area contributed by atoms with Crippen molar-refractivity contribution in [1.29, 1.82) is 0 Å². The van der Waals surface area contributed by atoms with Crippen LogP contribution in [0.2, 0.25) is 0 Å². The zero-order valence-electron chi connectivity index (χ0n) is 11.5. The molecule has 0 heterocycles. The van der Waals surface area contributed by atoms with Gasteiger partial charge in [0.05, 0.1) is 6.61 Å². The van der Waals surface area contributed by atoms with Crippen molar-refractivity contribution < 1.29 is 29.4 Å². The zero-order chi connectivity index (χ0) is 16.6. The number of nitrogens with one attached hydrogen (secondary N) is 2. The van der Waals surface area contributed by atoms with E-state index in [0.717, 1.165) is 0 Å². The maximum Gasteiger partial charge on any atom is 0.326 e. The smallest absolute Gasteiger partial charge is 0.326 e. The Hall–Kier alpha value is -2.20. The van der Waals surface area contributed by atoms with Crippen LogP contribution in [-0.4, -0.2) is 58.6 Å². The second-order valence-electron chi connectivity index (χ2n) is 4.42. The third-order valence-electron chi connectivity index (χ3n) is 2.58. The van der Waals surface area contributed by atoms with Crippen LogP contribution < -0.4 is 22.1 Å². The fourth-order valence-electron chi connectivity index (χ4n) is 1.31. The summed E-state index contributed by atoms with van der Waals surface area (Å²) in [5.74, 6) is -3.52. The van der Waals surface area contributed by atoms with E-state index in [-0.39, 0.29) is 12.8 Å². The number of aliphatic carboxylic acids is 1. The summed E-state index contributed by atoms with van der Waals surface area (Å²) in [4.78, 5) is 44.7. The molecule has 0 aliphatic rings. The first-order chi connectivity index (χ1) is 9.68. The number of aliphatic hydroxyl groups excluding tert-OH is 1. The fourth-order valence-corrected chi connectivity index (χ4v) is 1.31. The normalized spacial score (nSPS) is 14.6. The molecule has 0 aliphatic heterocycles. The number of carbonyl (C=O) groups is 4. The maximum atomic E-state index is 11.7. The molecule has 0 rings (SSSR count). The number of amides is 3. The first-order valence-electron chi connectivity index (χ1n) is 6.17. The topological polar surface area (TPSA) is 185 Å². The van der Waals surface area contributed by atoms with E-state index in [0.29, 0.717) is 0 Å². The second-order valence-corrected chi connectivity index (χ2v) is 4.42. The molecule has 0 aromatic rings. The van der Waals surface area contributed by atoms with Crippen LogP contribution in [0, 0.1) is 0 Å². The molecule has 3 atom stereocenters. The van der Waals surface area contributed by atoms with Crippen LogP contribution in [0.1, 0.15) is 19.8 Å². The van der Waals surface area contributed by atoms with Gasteiger partial charge in [-0.05, 0) is 13.3 Å². The highest BCUT2D eigenvalue weighted by Gasteiger charge is 2.25. The van der Waals surface area contributed by atoms with E-state index < -0.39 is 48.4 Å². The van der Waals surface area contributed by atoms with Crippen molar-refractivity contribution in [3.05, 3.63) is 0 Å². The molecule has 8 N–H and O–H groups in total. The molecular formula is C11H20N4O6. The minimum atomic E-state index is -1.32. The van der Waals surface area contributed by atoms with Crippen molar-refractivity contribution in [3.8, 4) is 0 Å². The lowest BCUT2D eigenvalue weighted by Crippen LogP contribution is -2.54. The summed E-state index contributed by atoms with van der Waals surface area (Å²) in [6.45, 7) is 0.737. The monoisotopic (exact) mass is 304 g/mol. The Morgan fingerprint density at radius 1 is 1.14 bits per heavy atom. The Morgan fingerprint density at radius 2 is 1.71 bits per heavy atom. The van der Waals surface area contributed by atoms with Crippen molar-refractivity contribution in [2.45, 2.75) is 37.9 Å². The summed E-state index contributed by atoms with van der Waals surface area (Å²) in [6.07, 6.45) is -0.361. The predicted molar refractivity (Wildman–Crippen MR) is 70.7 cm³/mol. The van der Waals surface area contributed by atoms with Gasteiger partial charge < -0.3 is 32.3 Å². The molecule has 120 valence electrons. The minimum absolute atomic E-state index is 0.159. The summed E-state index contributed by atoms with van der Waals surface area (Å²) in [5.41, 5.74) is 10.2. The van der Waals surface area contributed by atoms with Gasteiger partial charge in [0.15, 0.2) is 0 Å². The minimum Gasteiger partial charge on any atom is -0.480 e. The van der Waals surface area contributed by atoms with Crippen LogP contribution in [0.5, 0.6) is 0 Å². The number of hydrogen-bond acceptors (Lipinski definition) is 6. The highest BCUT2D eigenvalue weighted by molar-refractivity contribution is 5.91. The number of rotatable bonds is 9. The number of hydrogen-bond donors (Lipinski definition) is 6. The van der Waals surface area contributed by atoms with Crippen molar-refractivity contribution in [3.63, 3.8) is 0 Å². The maximum absolute atomic E-state index is 11.7. The SMILES string of the molecule is CC(NC(=O)C(N)CO)C(=O)NC(CCC(N)=O)C(=O)O. The van der Waals surface area contributed by atoms with Gasteiger partial charge in [0.25, 0.3) is 0 Å². The Bertz CT molecular complexity index is 414. The third kappa shape index (κ3) is 7.22. The average Bonchev–Trinajstić information content (AvgIpc) is 2.41. The molecule has 0 aliphatic carbocycles. The summed E-state index contributed by atoms with van der Waals surface area (Å²) < 4.78 is 0. The van der Waals surface area contributed by atoms with Crippen LogP contribution in [0.3, 0.4) is 0 Å². The van der Waals surface area contributed by atoms with E-state index in [2.05, 4.69) is 10.6 Å². The fraction of sp³-hybridized carbons (Fsp3) is 0.636. The van der Waals surface area contributed by atoms with Gasteiger partial charge in [0.1, 0.15) is 18.1 Å². The van der Waals surface area contributed by atoms with E-state index in [1.807, 2.05) is 0 Å². The van der Waals surface area contributed by atoms with Gasteiger partial charge in [-0.15, -0.1) is 0 Å². The van der Waals surface area contributed by atoms with E-state index >= 15 is 0 Å². The lowest BCUT2D eigenvalue weighted by atomic mass is 10.1. The van der Waals surface area contributed by atoms with E-state index in [1.54, 1.807) is 0 Å². The van der Waals surface area contributed by atoms with Crippen molar-refractivity contribution in [1.82, 2.24) is 10.6 Å². The quantitative estimate of drug-likeness (QED) is 0.257. The highest BCUT2D eigenvalue weighted by atomic mass is 16.4. The number of carboxylic acids is 1. The van der Waals surface area contributed by atoms with E-state index in [9.17, 15) is 19.2 Å². The second kappa shape index (κ2) is 8.87. The van der Waals surface area contributed by atoms with E-state index in [1.165, 1.54) is 6.92 Å². The number of carbonyl (C=O) groups excluding carboxylic acids is 3. The van der Waals surface area contributed by atoms with E-state index in [4.69, 9.17) is 21.7 Å². The molecule has 0 bridgehead atoms. The molecule has 0 radical (unpaired) electrons. The molecule has 0 saturated heterocycles. The molecular weight excluding hydrogens is 284 g/mol. The van der Waals surface area contributed by atoms with Gasteiger partial charge in [-0.2, -0.15) is 0 Å².